The van der Waals surface area contributed by atoms with Gasteiger partial charge in [-0.05, 0) is 25.3 Å². The third-order valence-electron chi connectivity index (χ3n) is 3.23. The number of nitrogens with one attached hydrogen (secondary N) is 1. The van der Waals surface area contributed by atoms with E-state index in [0.717, 1.165) is 16.9 Å². The Morgan fingerprint density at radius 1 is 1.30 bits per heavy atom. The molecule has 0 saturated heterocycles. The van der Waals surface area contributed by atoms with Gasteiger partial charge in [-0.1, -0.05) is 13.8 Å². The number of nitrogens with zero attached hydrogens (tertiary/aromatic N) is 2. The Morgan fingerprint density at radius 3 is 2.70 bits per heavy atom. The Hall–Kier alpha value is -2.28. The van der Waals surface area contributed by atoms with E-state index in [2.05, 4.69) is 15.3 Å². The zero-order valence-electron chi connectivity index (χ0n) is 13.4. The molecule has 0 aliphatic heterocycles. The number of thiophene rings is 1. The van der Waals surface area contributed by atoms with Gasteiger partial charge in [-0.3, -0.25) is 9.78 Å². The van der Waals surface area contributed by atoms with Crippen molar-refractivity contribution in [2.75, 3.05) is 11.9 Å². The molecule has 0 atom stereocenters. The lowest BCUT2D eigenvalue weighted by molar-refractivity contribution is 0.0505. The van der Waals surface area contributed by atoms with Crippen molar-refractivity contribution in [3.63, 3.8) is 0 Å². The number of rotatable bonds is 6. The van der Waals surface area contributed by atoms with Crippen LogP contribution in [0.3, 0.4) is 0 Å². The van der Waals surface area contributed by atoms with E-state index in [-0.39, 0.29) is 5.69 Å². The smallest absolute Gasteiger partial charge is 0.341 e. The number of carbonyl (C=O) groups is 2. The van der Waals surface area contributed by atoms with Crippen LogP contribution in [0.5, 0.6) is 0 Å². The number of ether oxygens (including phenoxy) is 1. The van der Waals surface area contributed by atoms with Crippen LogP contribution in [-0.2, 0) is 11.2 Å². The number of carbonyl (C=O) groups excluding carboxylic acids is 2. The number of esters is 1. The quantitative estimate of drug-likeness (QED) is 0.821. The van der Waals surface area contributed by atoms with E-state index in [1.54, 1.807) is 0 Å². The van der Waals surface area contributed by atoms with E-state index in [9.17, 15) is 9.59 Å². The van der Waals surface area contributed by atoms with Gasteiger partial charge in [0.2, 0.25) is 0 Å². The third-order valence-corrected chi connectivity index (χ3v) is 4.29. The number of aryl methyl sites for hydroxylation is 1. The fraction of sp³-hybridized carbons (Fsp3) is 0.375. The molecule has 2 heterocycles. The second-order valence-corrected chi connectivity index (χ2v) is 6.10. The summed E-state index contributed by atoms with van der Waals surface area (Å²) >= 11 is 1.37. The number of hydrogen-bond donors (Lipinski definition) is 1. The van der Waals surface area contributed by atoms with Gasteiger partial charge >= 0.3 is 5.97 Å². The van der Waals surface area contributed by atoms with Gasteiger partial charge in [0, 0.05) is 17.3 Å². The fourth-order valence-corrected chi connectivity index (χ4v) is 3.29. The monoisotopic (exact) mass is 333 g/mol. The molecule has 2 aromatic heterocycles. The Kier molecular flexibility index (Phi) is 5.81. The van der Waals surface area contributed by atoms with Crippen molar-refractivity contribution in [2.45, 2.75) is 33.6 Å². The van der Waals surface area contributed by atoms with Gasteiger partial charge in [-0.15, -0.1) is 11.3 Å². The van der Waals surface area contributed by atoms with Crippen LogP contribution in [0.4, 0.5) is 5.00 Å². The van der Waals surface area contributed by atoms with Crippen molar-refractivity contribution < 1.29 is 14.3 Å². The second kappa shape index (κ2) is 7.82. The highest BCUT2D eigenvalue weighted by molar-refractivity contribution is 7.16. The summed E-state index contributed by atoms with van der Waals surface area (Å²) in [6, 6.07) is 0. The lowest BCUT2D eigenvalue weighted by Crippen LogP contribution is -2.16. The SMILES string of the molecule is CCCOC(=O)c1c(NC(=O)c2cnccn2)sc(C)c1CC. The predicted octanol–water partition coefficient (Wildman–Crippen LogP) is 3.23. The molecule has 0 unspecified atom stereocenters. The molecule has 0 bridgehead atoms. The summed E-state index contributed by atoms with van der Waals surface area (Å²) in [7, 11) is 0. The van der Waals surface area contributed by atoms with E-state index < -0.39 is 11.9 Å². The first kappa shape index (κ1) is 17.1. The first-order chi connectivity index (χ1) is 11.1. The molecule has 0 aliphatic rings. The van der Waals surface area contributed by atoms with Crippen LogP contribution in [0.1, 0.15) is 51.6 Å². The van der Waals surface area contributed by atoms with Gasteiger partial charge in [0.1, 0.15) is 10.7 Å². The Balaban J connectivity index is 2.31. The highest BCUT2D eigenvalue weighted by Crippen LogP contribution is 2.34. The maximum Gasteiger partial charge on any atom is 0.341 e. The number of aromatic nitrogens is 2. The molecular weight excluding hydrogens is 314 g/mol. The fourth-order valence-electron chi connectivity index (χ4n) is 2.16. The van der Waals surface area contributed by atoms with Crippen molar-refractivity contribution in [2.24, 2.45) is 0 Å². The molecule has 23 heavy (non-hydrogen) atoms. The second-order valence-electron chi connectivity index (χ2n) is 4.88. The minimum Gasteiger partial charge on any atom is -0.462 e. The minimum atomic E-state index is -0.400. The summed E-state index contributed by atoms with van der Waals surface area (Å²) in [5, 5.41) is 3.25. The zero-order chi connectivity index (χ0) is 16.8. The predicted molar refractivity (Wildman–Crippen MR) is 89.0 cm³/mol. The van der Waals surface area contributed by atoms with Crippen LogP contribution in [-0.4, -0.2) is 28.5 Å². The average Bonchev–Trinajstić information content (AvgIpc) is 2.88. The lowest BCUT2D eigenvalue weighted by atomic mass is 10.1. The van der Waals surface area contributed by atoms with Gasteiger partial charge in [0.25, 0.3) is 5.91 Å². The summed E-state index contributed by atoms with van der Waals surface area (Å²) in [6.45, 7) is 6.19. The molecule has 2 aromatic rings. The molecule has 0 radical (unpaired) electrons. The van der Waals surface area contributed by atoms with E-state index >= 15 is 0 Å². The van der Waals surface area contributed by atoms with Crippen molar-refractivity contribution in [3.05, 3.63) is 40.3 Å². The summed E-state index contributed by atoms with van der Waals surface area (Å²) in [6.07, 6.45) is 5.76. The van der Waals surface area contributed by atoms with E-state index in [1.165, 1.54) is 29.9 Å². The molecule has 6 nitrogen and oxygen atoms in total. The topological polar surface area (TPSA) is 81.2 Å². The molecule has 0 spiro atoms. The standard InChI is InChI=1S/C16H19N3O3S/c1-4-8-22-16(21)13-11(5-2)10(3)23-15(13)19-14(20)12-9-17-6-7-18-12/h6-7,9H,4-5,8H2,1-3H3,(H,19,20). The van der Waals surface area contributed by atoms with Gasteiger partial charge in [0.15, 0.2) is 0 Å². The van der Waals surface area contributed by atoms with E-state index in [0.29, 0.717) is 23.6 Å². The molecule has 1 amide bonds. The maximum absolute atomic E-state index is 12.3. The largest absolute Gasteiger partial charge is 0.462 e. The lowest BCUT2D eigenvalue weighted by Gasteiger charge is -2.08. The average molecular weight is 333 g/mol. The summed E-state index contributed by atoms with van der Waals surface area (Å²) in [4.78, 5) is 33.4. The van der Waals surface area contributed by atoms with Crippen LogP contribution in [0.15, 0.2) is 18.6 Å². The van der Waals surface area contributed by atoms with Crippen molar-refractivity contribution >= 4 is 28.2 Å². The highest BCUT2D eigenvalue weighted by Gasteiger charge is 2.24. The number of hydrogen-bond acceptors (Lipinski definition) is 6. The van der Waals surface area contributed by atoms with Crippen LogP contribution in [0.2, 0.25) is 0 Å². The molecule has 7 heteroatoms. The first-order valence-corrected chi connectivity index (χ1v) is 8.26. The van der Waals surface area contributed by atoms with Crippen molar-refractivity contribution in [1.82, 2.24) is 9.97 Å². The molecular formula is C16H19N3O3S. The minimum absolute atomic E-state index is 0.199. The summed E-state index contributed by atoms with van der Waals surface area (Å²) < 4.78 is 5.25. The molecule has 1 N–H and O–H groups in total. The van der Waals surface area contributed by atoms with Crippen LogP contribution >= 0.6 is 11.3 Å². The molecule has 0 aliphatic carbocycles. The molecule has 0 fully saturated rings. The highest BCUT2D eigenvalue weighted by atomic mass is 32.1. The Bertz CT molecular complexity index is 698. The number of anilines is 1. The van der Waals surface area contributed by atoms with Crippen molar-refractivity contribution in [1.29, 1.82) is 0 Å². The first-order valence-electron chi connectivity index (χ1n) is 7.45. The molecule has 2 rings (SSSR count). The van der Waals surface area contributed by atoms with Crippen molar-refractivity contribution in [3.8, 4) is 0 Å². The Morgan fingerprint density at radius 2 is 2.09 bits per heavy atom. The van der Waals surface area contributed by atoms with Gasteiger partial charge in [0.05, 0.1) is 18.4 Å². The summed E-state index contributed by atoms with van der Waals surface area (Å²) in [5.41, 5.74) is 1.55. The van der Waals surface area contributed by atoms with Gasteiger partial charge in [-0.2, -0.15) is 0 Å². The van der Waals surface area contributed by atoms with E-state index in [1.807, 2.05) is 20.8 Å². The van der Waals surface area contributed by atoms with Crippen LogP contribution in [0, 0.1) is 6.92 Å². The Labute approximate surface area is 138 Å². The van der Waals surface area contributed by atoms with Gasteiger partial charge in [-0.25, -0.2) is 9.78 Å². The van der Waals surface area contributed by atoms with Crippen LogP contribution in [0.25, 0.3) is 0 Å². The molecule has 0 aromatic carbocycles. The molecule has 0 saturated carbocycles. The van der Waals surface area contributed by atoms with E-state index in [4.69, 9.17) is 4.74 Å². The number of amides is 1. The third kappa shape index (κ3) is 3.92. The summed E-state index contributed by atoms with van der Waals surface area (Å²) in [5.74, 6) is -0.797. The zero-order valence-corrected chi connectivity index (χ0v) is 14.2. The normalized spacial score (nSPS) is 10.4. The van der Waals surface area contributed by atoms with Gasteiger partial charge < -0.3 is 10.1 Å². The maximum atomic E-state index is 12.3. The van der Waals surface area contributed by atoms with Crippen LogP contribution < -0.4 is 5.32 Å². The molecule has 122 valence electrons.